The van der Waals surface area contributed by atoms with Crippen molar-refractivity contribution < 1.29 is 19.7 Å². The minimum absolute atomic E-state index is 0.00568. The monoisotopic (exact) mass is 400 g/mol. The van der Waals surface area contributed by atoms with E-state index < -0.39 is 12.2 Å². The zero-order valence-electron chi connectivity index (χ0n) is 17.0. The van der Waals surface area contributed by atoms with Crippen LogP contribution in [0.3, 0.4) is 0 Å². The molecule has 1 aliphatic rings. The summed E-state index contributed by atoms with van der Waals surface area (Å²) in [5.41, 5.74) is 0. The highest BCUT2D eigenvalue weighted by Gasteiger charge is 2.39. The number of hydrogen-bond acceptors (Lipinski definition) is 4. The molecule has 5 heteroatoms. The molecule has 156 valence electrons. The normalized spacial score (nSPS) is 28.1. The molecule has 4 nitrogen and oxygen atoms in total. The van der Waals surface area contributed by atoms with E-state index in [0.29, 0.717) is 6.42 Å². The fourth-order valence-corrected chi connectivity index (χ4v) is 4.23. The number of allylic oxidation sites excluding steroid dienone is 1. The van der Waals surface area contributed by atoms with Gasteiger partial charge in [0.1, 0.15) is 0 Å². The first-order valence-electron chi connectivity index (χ1n) is 10.3. The third-order valence-electron chi connectivity index (χ3n) is 5.61. The van der Waals surface area contributed by atoms with Crippen molar-refractivity contribution in [2.24, 2.45) is 17.8 Å². The van der Waals surface area contributed by atoms with Crippen LogP contribution in [-0.4, -0.2) is 40.9 Å². The molecule has 0 saturated heterocycles. The molecule has 1 unspecified atom stereocenters. The van der Waals surface area contributed by atoms with Crippen LogP contribution in [0.5, 0.6) is 0 Å². The first-order valence-corrected chi connectivity index (χ1v) is 10.8. The Kier molecular flexibility index (Phi) is 12.0. The van der Waals surface area contributed by atoms with Crippen molar-refractivity contribution in [3.05, 3.63) is 24.3 Å². The summed E-state index contributed by atoms with van der Waals surface area (Å²) < 4.78 is 4.56. The largest absolute Gasteiger partial charge is 0.466 e. The number of aliphatic hydroxyl groups is 2. The van der Waals surface area contributed by atoms with Crippen LogP contribution < -0.4 is 0 Å². The van der Waals surface area contributed by atoms with Crippen molar-refractivity contribution >= 4 is 17.6 Å². The topological polar surface area (TPSA) is 66.8 Å². The number of esters is 1. The molecule has 0 radical (unpaired) electrons. The first kappa shape index (κ1) is 24.2. The Labute approximate surface area is 169 Å². The Morgan fingerprint density at radius 2 is 2.07 bits per heavy atom. The predicted molar refractivity (Wildman–Crippen MR) is 111 cm³/mol. The van der Waals surface area contributed by atoms with Crippen LogP contribution in [0.15, 0.2) is 24.3 Å². The number of carbonyl (C=O) groups excluding carboxylic acids is 1. The van der Waals surface area contributed by atoms with E-state index in [1.807, 2.05) is 18.2 Å². The average Bonchev–Trinajstić information content (AvgIpc) is 2.92. The molecule has 27 heavy (non-hydrogen) atoms. The fraction of sp³-hybridized carbons (Fsp3) is 0.773. The van der Waals surface area contributed by atoms with Crippen molar-refractivity contribution in [1.82, 2.24) is 0 Å². The molecule has 1 saturated carbocycles. The van der Waals surface area contributed by atoms with Gasteiger partial charge in [-0.2, -0.15) is 0 Å². The van der Waals surface area contributed by atoms with Crippen molar-refractivity contribution in [2.75, 3.05) is 7.11 Å². The summed E-state index contributed by atoms with van der Waals surface area (Å²) in [6.45, 7) is 4.22. The van der Waals surface area contributed by atoms with Crippen molar-refractivity contribution in [2.45, 2.75) is 82.8 Å². The summed E-state index contributed by atoms with van der Waals surface area (Å²) in [5.74, 6) is 0.130. The van der Waals surface area contributed by atoms with E-state index in [2.05, 4.69) is 18.6 Å². The van der Waals surface area contributed by atoms with Gasteiger partial charge in [-0.05, 0) is 43.9 Å². The van der Waals surface area contributed by atoms with Gasteiger partial charge in [0.15, 0.2) is 0 Å². The average molecular weight is 401 g/mol. The molecule has 0 aromatic rings. The molecule has 1 rings (SSSR count). The standard InChI is InChI=1S/C22H37ClO4/c1-4-5-10-16(2)20(24)14-13-18-17(19(23)15-21(18)25)11-8-6-7-9-12-22(26)27-3/h9,12-14,16-21,24-25H,4-8,10-11,15H2,1-3H3/b12-9+,14-13+/t16?,17-,18-,19-,20-,21-/m1/s1. The molecule has 0 amide bonds. The van der Waals surface area contributed by atoms with Gasteiger partial charge >= 0.3 is 5.97 Å². The van der Waals surface area contributed by atoms with Crippen molar-refractivity contribution in [3.8, 4) is 0 Å². The van der Waals surface area contributed by atoms with Crippen LogP contribution >= 0.6 is 11.6 Å². The number of halogens is 1. The number of unbranched alkanes of at least 4 members (excludes halogenated alkanes) is 3. The molecule has 0 spiro atoms. The van der Waals surface area contributed by atoms with Gasteiger partial charge in [0.25, 0.3) is 0 Å². The van der Waals surface area contributed by atoms with E-state index in [1.165, 1.54) is 13.2 Å². The zero-order chi connectivity index (χ0) is 20.2. The second-order valence-corrected chi connectivity index (χ2v) is 8.33. The lowest BCUT2D eigenvalue weighted by Gasteiger charge is -2.22. The molecule has 6 atom stereocenters. The number of carbonyl (C=O) groups is 1. The molecule has 1 fully saturated rings. The minimum Gasteiger partial charge on any atom is -0.466 e. The number of rotatable bonds is 12. The number of hydrogen-bond donors (Lipinski definition) is 2. The van der Waals surface area contributed by atoms with Gasteiger partial charge in [-0.1, -0.05) is 51.3 Å². The smallest absolute Gasteiger partial charge is 0.330 e. The lowest BCUT2D eigenvalue weighted by molar-refractivity contribution is -0.134. The highest BCUT2D eigenvalue weighted by Crippen LogP contribution is 2.40. The molecular formula is C22H37ClO4. The van der Waals surface area contributed by atoms with Crippen LogP contribution in [0.1, 0.15) is 65.2 Å². The lowest BCUT2D eigenvalue weighted by Crippen LogP contribution is -2.21. The summed E-state index contributed by atoms with van der Waals surface area (Å²) in [6.07, 6.45) is 13.8. The first-order chi connectivity index (χ1) is 12.9. The Bertz CT molecular complexity index is 477. The Hall–Kier alpha value is -0.840. The van der Waals surface area contributed by atoms with Crippen LogP contribution in [0, 0.1) is 17.8 Å². The van der Waals surface area contributed by atoms with Gasteiger partial charge in [0, 0.05) is 17.4 Å². The summed E-state index contributed by atoms with van der Waals surface area (Å²) in [5, 5.41) is 20.7. The fourth-order valence-electron chi connectivity index (χ4n) is 3.75. The maximum atomic E-state index is 11.0. The SMILES string of the molecule is CCCCC(C)[C@H](O)/C=C/[C@@H]1[C@@H](CCCC/C=C/C(=O)OC)[C@H](Cl)C[C@H]1O. The predicted octanol–water partition coefficient (Wildman–Crippen LogP) is 4.62. The van der Waals surface area contributed by atoms with E-state index >= 15 is 0 Å². The molecular weight excluding hydrogens is 364 g/mol. The van der Waals surface area contributed by atoms with Gasteiger partial charge in [0.05, 0.1) is 19.3 Å². The van der Waals surface area contributed by atoms with Crippen molar-refractivity contribution in [3.63, 3.8) is 0 Å². The Balaban J connectivity index is 2.48. The highest BCUT2D eigenvalue weighted by atomic mass is 35.5. The van der Waals surface area contributed by atoms with Gasteiger partial charge in [-0.15, -0.1) is 11.6 Å². The number of ether oxygens (including phenoxy) is 1. The third-order valence-corrected chi connectivity index (χ3v) is 6.11. The van der Waals surface area contributed by atoms with Gasteiger partial charge in [-0.25, -0.2) is 4.79 Å². The maximum absolute atomic E-state index is 11.0. The van der Waals surface area contributed by atoms with E-state index in [-0.39, 0.29) is 29.1 Å². The van der Waals surface area contributed by atoms with Gasteiger partial charge in [-0.3, -0.25) is 0 Å². The summed E-state index contributed by atoms with van der Waals surface area (Å²) in [4.78, 5) is 11.0. The van der Waals surface area contributed by atoms with E-state index in [9.17, 15) is 15.0 Å². The highest BCUT2D eigenvalue weighted by molar-refractivity contribution is 6.21. The van der Waals surface area contributed by atoms with Crippen LogP contribution in [0.2, 0.25) is 0 Å². The van der Waals surface area contributed by atoms with Gasteiger partial charge < -0.3 is 14.9 Å². The second-order valence-electron chi connectivity index (χ2n) is 7.77. The zero-order valence-corrected chi connectivity index (χ0v) is 17.8. The molecule has 0 aromatic heterocycles. The summed E-state index contributed by atoms with van der Waals surface area (Å²) in [7, 11) is 1.37. The molecule has 0 heterocycles. The molecule has 1 aliphatic carbocycles. The van der Waals surface area contributed by atoms with E-state index in [0.717, 1.165) is 44.9 Å². The minimum atomic E-state index is -0.470. The van der Waals surface area contributed by atoms with Gasteiger partial charge in [0.2, 0.25) is 0 Å². The van der Waals surface area contributed by atoms with E-state index in [1.54, 1.807) is 0 Å². The van der Waals surface area contributed by atoms with Crippen molar-refractivity contribution in [1.29, 1.82) is 0 Å². The van der Waals surface area contributed by atoms with E-state index in [4.69, 9.17) is 11.6 Å². The molecule has 0 aromatic carbocycles. The van der Waals surface area contributed by atoms with Crippen LogP contribution in [-0.2, 0) is 9.53 Å². The number of alkyl halides is 1. The maximum Gasteiger partial charge on any atom is 0.330 e. The lowest BCUT2D eigenvalue weighted by atomic mass is 9.88. The second kappa shape index (κ2) is 13.4. The summed E-state index contributed by atoms with van der Waals surface area (Å²) in [6, 6.07) is 0. The molecule has 2 N–H and O–H groups in total. The number of methoxy groups -OCH3 is 1. The summed E-state index contributed by atoms with van der Waals surface area (Å²) >= 11 is 6.48. The van der Waals surface area contributed by atoms with Crippen LogP contribution in [0.4, 0.5) is 0 Å². The number of aliphatic hydroxyl groups excluding tert-OH is 2. The molecule has 0 aliphatic heterocycles. The molecule has 0 bridgehead atoms. The Morgan fingerprint density at radius 3 is 2.74 bits per heavy atom. The quantitative estimate of drug-likeness (QED) is 0.165. The third kappa shape index (κ3) is 8.80. The Morgan fingerprint density at radius 1 is 1.33 bits per heavy atom. The van der Waals surface area contributed by atoms with Crippen LogP contribution in [0.25, 0.3) is 0 Å².